The number of rotatable bonds is 4. The lowest BCUT2D eigenvalue weighted by Crippen LogP contribution is -2.40. The average molecular weight is 238 g/mol. The van der Waals surface area contributed by atoms with Crippen molar-refractivity contribution in [2.45, 2.75) is 38.5 Å². The van der Waals surface area contributed by atoms with Crippen molar-refractivity contribution in [1.29, 1.82) is 0 Å². The molecule has 0 aromatic rings. The van der Waals surface area contributed by atoms with Gasteiger partial charge in [-0.15, -0.1) is 0 Å². The molecule has 2 unspecified atom stereocenters. The second-order valence-electron chi connectivity index (χ2n) is 6.08. The van der Waals surface area contributed by atoms with Crippen molar-refractivity contribution in [2.75, 3.05) is 7.11 Å². The second-order valence-corrected chi connectivity index (χ2v) is 6.08. The van der Waals surface area contributed by atoms with Crippen molar-refractivity contribution in [3.8, 4) is 0 Å². The summed E-state index contributed by atoms with van der Waals surface area (Å²) in [5.41, 5.74) is -0.402. The number of carboxylic acid groups (broad SMARTS) is 1. The molecule has 0 aromatic heterocycles. The molecule has 0 spiro atoms. The molecule has 2 atom stereocenters. The third-order valence-electron chi connectivity index (χ3n) is 5.60. The number of carbonyl (C=O) groups is 2. The molecule has 4 aliphatic carbocycles. The third kappa shape index (κ3) is 1.19. The van der Waals surface area contributed by atoms with Crippen LogP contribution in [0.15, 0.2) is 0 Å². The fraction of sp³-hybridized carbons (Fsp3) is 0.846. The number of methoxy groups -OCH3 is 1. The summed E-state index contributed by atoms with van der Waals surface area (Å²) in [4.78, 5) is 22.9. The molecule has 17 heavy (non-hydrogen) atoms. The van der Waals surface area contributed by atoms with Gasteiger partial charge in [0, 0.05) is 6.42 Å². The van der Waals surface area contributed by atoms with Crippen molar-refractivity contribution in [1.82, 2.24) is 0 Å². The van der Waals surface area contributed by atoms with Gasteiger partial charge in [0.05, 0.1) is 12.5 Å². The van der Waals surface area contributed by atoms with Gasteiger partial charge in [0.2, 0.25) is 0 Å². The lowest BCUT2D eigenvalue weighted by Gasteiger charge is -2.38. The molecule has 4 fully saturated rings. The Balaban J connectivity index is 1.89. The predicted molar refractivity (Wildman–Crippen MR) is 59.2 cm³/mol. The van der Waals surface area contributed by atoms with E-state index in [2.05, 4.69) is 0 Å². The summed E-state index contributed by atoms with van der Waals surface area (Å²) in [7, 11) is 1.45. The Morgan fingerprint density at radius 2 is 1.82 bits per heavy atom. The highest BCUT2D eigenvalue weighted by atomic mass is 16.5. The maximum atomic E-state index is 12.1. The van der Waals surface area contributed by atoms with Crippen molar-refractivity contribution in [3.63, 3.8) is 0 Å². The monoisotopic (exact) mass is 238 g/mol. The fourth-order valence-electron chi connectivity index (χ4n) is 5.07. The summed E-state index contributed by atoms with van der Waals surface area (Å²) in [5.74, 6) is 0.433. The van der Waals surface area contributed by atoms with E-state index in [0.717, 1.165) is 25.7 Å². The first-order valence-corrected chi connectivity index (χ1v) is 6.33. The molecule has 0 heterocycles. The van der Waals surface area contributed by atoms with Crippen molar-refractivity contribution in [3.05, 3.63) is 0 Å². The minimum absolute atomic E-state index is 0.0617. The molecular formula is C13H18O4. The van der Waals surface area contributed by atoms with E-state index in [1.165, 1.54) is 7.11 Å². The van der Waals surface area contributed by atoms with Crippen LogP contribution in [0.25, 0.3) is 0 Å². The molecule has 4 heteroatoms. The zero-order valence-electron chi connectivity index (χ0n) is 10.1. The molecule has 4 nitrogen and oxygen atoms in total. The van der Waals surface area contributed by atoms with Gasteiger partial charge in [0.15, 0.2) is 0 Å². The number of esters is 1. The van der Waals surface area contributed by atoms with Gasteiger partial charge in [-0.05, 0) is 49.4 Å². The van der Waals surface area contributed by atoms with E-state index < -0.39 is 5.97 Å². The molecule has 4 bridgehead atoms. The van der Waals surface area contributed by atoms with Crippen LogP contribution >= 0.6 is 0 Å². The molecule has 1 N–H and O–H groups in total. The fourth-order valence-corrected chi connectivity index (χ4v) is 5.07. The number of hydrogen-bond donors (Lipinski definition) is 1. The van der Waals surface area contributed by atoms with Crippen LogP contribution < -0.4 is 0 Å². The van der Waals surface area contributed by atoms with E-state index in [-0.39, 0.29) is 23.2 Å². The van der Waals surface area contributed by atoms with Crippen molar-refractivity contribution >= 4 is 11.9 Å². The summed E-state index contributed by atoms with van der Waals surface area (Å²) in [5, 5.41) is 8.86. The highest BCUT2D eigenvalue weighted by molar-refractivity contribution is 5.80. The maximum absolute atomic E-state index is 12.1. The van der Waals surface area contributed by atoms with E-state index in [0.29, 0.717) is 18.3 Å². The van der Waals surface area contributed by atoms with Gasteiger partial charge >= 0.3 is 11.9 Å². The Morgan fingerprint density at radius 3 is 2.29 bits per heavy atom. The van der Waals surface area contributed by atoms with Crippen molar-refractivity contribution < 1.29 is 19.4 Å². The second kappa shape index (κ2) is 3.24. The van der Waals surface area contributed by atoms with Gasteiger partial charge < -0.3 is 9.84 Å². The maximum Gasteiger partial charge on any atom is 0.312 e. The largest absolute Gasteiger partial charge is 0.481 e. The highest BCUT2D eigenvalue weighted by Gasteiger charge is 2.74. The van der Waals surface area contributed by atoms with Gasteiger partial charge in [-0.3, -0.25) is 9.59 Å². The minimum atomic E-state index is -0.757. The molecule has 0 aromatic carbocycles. The van der Waals surface area contributed by atoms with E-state index in [1.54, 1.807) is 0 Å². The summed E-state index contributed by atoms with van der Waals surface area (Å²) in [6.07, 6.45) is 4.77. The van der Waals surface area contributed by atoms with Crippen LogP contribution in [0.4, 0.5) is 0 Å². The first-order chi connectivity index (χ1) is 8.03. The van der Waals surface area contributed by atoms with Crippen molar-refractivity contribution in [2.24, 2.45) is 22.7 Å². The SMILES string of the molecule is COC(=O)C12CC3CC1(CCC(=O)O)CC3C2. The van der Waals surface area contributed by atoms with E-state index in [9.17, 15) is 9.59 Å². The van der Waals surface area contributed by atoms with Gasteiger partial charge in [0.1, 0.15) is 0 Å². The lowest BCUT2D eigenvalue weighted by molar-refractivity contribution is -0.159. The van der Waals surface area contributed by atoms with Gasteiger partial charge in [-0.1, -0.05) is 0 Å². The highest BCUT2D eigenvalue weighted by Crippen LogP contribution is 2.78. The summed E-state index contributed by atoms with van der Waals surface area (Å²) in [6, 6.07) is 0. The summed E-state index contributed by atoms with van der Waals surface area (Å²) < 4.78 is 5.00. The molecule has 4 aliphatic rings. The molecular weight excluding hydrogens is 220 g/mol. The number of aliphatic carboxylic acids is 1. The quantitative estimate of drug-likeness (QED) is 0.759. The minimum Gasteiger partial charge on any atom is -0.481 e. The van der Waals surface area contributed by atoms with Crippen LogP contribution in [0, 0.1) is 22.7 Å². The van der Waals surface area contributed by atoms with Gasteiger partial charge in [-0.25, -0.2) is 0 Å². The van der Waals surface area contributed by atoms with Crippen LogP contribution in [-0.4, -0.2) is 24.2 Å². The Labute approximate surface area is 100 Å². The van der Waals surface area contributed by atoms with Crippen LogP contribution in [-0.2, 0) is 14.3 Å². The number of hydrogen-bond acceptors (Lipinski definition) is 3. The molecule has 0 radical (unpaired) electrons. The van der Waals surface area contributed by atoms with Crippen LogP contribution in [0.3, 0.4) is 0 Å². The molecule has 4 rings (SSSR count). The molecule has 4 saturated carbocycles. The smallest absolute Gasteiger partial charge is 0.312 e. The molecule has 94 valence electrons. The summed E-state index contributed by atoms with van der Waals surface area (Å²) >= 11 is 0. The van der Waals surface area contributed by atoms with Crippen LogP contribution in [0.5, 0.6) is 0 Å². The average Bonchev–Trinajstić information content (AvgIpc) is 2.95. The number of ether oxygens (including phenoxy) is 1. The van der Waals surface area contributed by atoms with Crippen LogP contribution in [0.2, 0.25) is 0 Å². The molecule has 0 aliphatic heterocycles. The Hall–Kier alpha value is -1.06. The van der Waals surface area contributed by atoms with Gasteiger partial charge in [0.25, 0.3) is 0 Å². The van der Waals surface area contributed by atoms with Crippen LogP contribution in [0.1, 0.15) is 38.5 Å². The molecule has 0 saturated heterocycles. The van der Waals surface area contributed by atoms with E-state index in [1.807, 2.05) is 0 Å². The zero-order valence-corrected chi connectivity index (χ0v) is 10.1. The topological polar surface area (TPSA) is 63.6 Å². The van der Waals surface area contributed by atoms with Gasteiger partial charge in [-0.2, -0.15) is 0 Å². The Bertz CT molecular complexity index is 373. The Morgan fingerprint density at radius 1 is 1.24 bits per heavy atom. The summed E-state index contributed by atoms with van der Waals surface area (Å²) in [6.45, 7) is 0. The first kappa shape index (κ1) is 11.1. The zero-order chi connectivity index (χ0) is 12.3. The first-order valence-electron chi connectivity index (χ1n) is 6.33. The standard InChI is InChI=1S/C13H18O4/c1-17-11(16)13-6-8-4-12(13,3-2-10(14)15)5-9(8)7-13/h8-9H,2-7H2,1H3,(H,14,15). The third-order valence-corrected chi connectivity index (χ3v) is 5.60. The predicted octanol–water partition coefficient (Wildman–Crippen LogP) is 1.83. The lowest BCUT2D eigenvalue weighted by atomic mass is 9.65. The molecule has 0 amide bonds. The number of carboxylic acids is 1. The number of carbonyl (C=O) groups excluding carboxylic acids is 1. The van der Waals surface area contributed by atoms with E-state index >= 15 is 0 Å². The van der Waals surface area contributed by atoms with E-state index in [4.69, 9.17) is 9.84 Å². The Kier molecular flexibility index (Phi) is 2.11. The normalized spacial score (nSPS) is 45.5.